The van der Waals surface area contributed by atoms with Crippen molar-refractivity contribution in [3.63, 3.8) is 0 Å². The van der Waals surface area contributed by atoms with Crippen LogP contribution in [0, 0.1) is 0 Å². The van der Waals surface area contributed by atoms with Crippen LogP contribution in [-0.4, -0.2) is 19.7 Å². The van der Waals surface area contributed by atoms with Crippen molar-refractivity contribution >= 4 is 8.07 Å². The first-order valence-electron chi connectivity index (χ1n) is 5.23. The maximum absolute atomic E-state index is 11.3. The highest BCUT2D eigenvalue weighted by Crippen LogP contribution is 2.08. The van der Waals surface area contributed by atoms with E-state index in [9.17, 15) is 4.79 Å². The molecule has 15 heavy (non-hydrogen) atoms. The number of nitrogens with one attached hydrogen (secondary N) is 1. The second-order valence-corrected chi connectivity index (χ2v) is 10.5. The van der Waals surface area contributed by atoms with Crippen LogP contribution < -0.4 is 5.56 Å². The fourth-order valence-corrected chi connectivity index (χ4v) is 1.89. The van der Waals surface area contributed by atoms with Crippen LogP contribution in [0.15, 0.2) is 23.1 Å². The predicted molar refractivity (Wildman–Crippen MR) is 64.9 cm³/mol. The number of rotatable bonds is 5. The highest BCUT2D eigenvalue weighted by molar-refractivity contribution is 6.76. The van der Waals surface area contributed by atoms with Crippen LogP contribution in [0.4, 0.5) is 0 Å². The van der Waals surface area contributed by atoms with Crippen LogP contribution in [0.2, 0.25) is 25.7 Å². The molecule has 1 rings (SSSR count). The Bertz CT molecular complexity index is 354. The van der Waals surface area contributed by atoms with E-state index in [1.807, 2.05) is 6.07 Å². The van der Waals surface area contributed by atoms with E-state index in [0.717, 1.165) is 12.7 Å². The van der Waals surface area contributed by atoms with Crippen molar-refractivity contribution in [1.29, 1.82) is 0 Å². The monoisotopic (exact) mass is 225 g/mol. The third-order valence-electron chi connectivity index (χ3n) is 2.15. The Morgan fingerprint density at radius 3 is 2.73 bits per heavy atom. The fourth-order valence-electron chi connectivity index (χ4n) is 1.13. The van der Waals surface area contributed by atoms with Crippen LogP contribution in [0.5, 0.6) is 0 Å². The van der Waals surface area contributed by atoms with Gasteiger partial charge in [0, 0.05) is 26.4 Å². The molecule has 84 valence electrons. The van der Waals surface area contributed by atoms with Crippen molar-refractivity contribution in [2.24, 2.45) is 0 Å². The van der Waals surface area contributed by atoms with Crippen molar-refractivity contribution in [3.05, 3.63) is 34.2 Å². The van der Waals surface area contributed by atoms with Crippen molar-refractivity contribution in [2.75, 3.05) is 6.61 Å². The summed E-state index contributed by atoms with van der Waals surface area (Å²) in [4.78, 5) is 13.9. The molecule has 1 heterocycles. The van der Waals surface area contributed by atoms with E-state index >= 15 is 0 Å². The van der Waals surface area contributed by atoms with Crippen molar-refractivity contribution in [2.45, 2.75) is 32.3 Å². The quantitative estimate of drug-likeness (QED) is 0.617. The van der Waals surface area contributed by atoms with Crippen molar-refractivity contribution < 1.29 is 4.74 Å². The van der Waals surface area contributed by atoms with E-state index in [1.54, 1.807) is 12.3 Å². The van der Waals surface area contributed by atoms with Gasteiger partial charge in [-0.15, -0.1) is 0 Å². The molecule has 0 aliphatic heterocycles. The summed E-state index contributed by atoms with van der Waals surface area (Å²) in [6.07, 6.45) is 1.63. The number of ether oxygens (including phenoxy) is 1. The third kappa shape index (κ3) is 4.95. The molecule has 0 saturated heterocycles. The van der Waals surface area contributed by atoms with Gasteiger partial charge in [0.15, 0.2) is 0 Å². The molecular formula is C11H19NO2Si. The number of H-pyrrole nitrogens is 1. The second-order valence-electron chi connectivity index (χ2n) is 4.89. The SMILES string of the molecule is C[Si](C)(C)CCOCc1ccc[nH]c1=O. The molecule has 0 aliphatic carbocycles. The molecule has 0 spiro atoms. The molecule has 0 unspecified atom stereocenters. The Morgan fingerprint density at radius 1 is 1.40 bits per heavy atom. The largest absolute Gasteiger partial charge is 0.377 e. The highest BCUT2D eigenvalue weighted by Gasteiger charge is 2.12. The summed E-state index contributed by atoms with van der Waals surface area (Å²) in [5.41, 5.74) is 0.651. The van der Waals surface area contributed by atoms with E-state index in [0.29, 0.717) is 12.2 Å². The molecule has 3 nitrogen and oxygen atoms in total. The van der Waals surface area contributed by atoms with Gasteiger partial charge in [-0.25, -0.2) is 0 Å². The summed E-state index contributed by atoms with van der Waals surface area (Å²) in [5, 5.41) is 0. The Labute approximate surface area is 91.5 Å². The molecule has 4 heteroatoms. The Hall–Kier alpha value is -0.873. The van der Waals surface area contributed by atoms with Crippen LogP contribution in [-0.2, 0) is 11.3 Å². The molecule has 0 aromatic carbocycles. The molecule has 0 bridgehead atoms. The van der Waals surface area contributed by atoms with Gasteiger partial charge in [0.2, 0.25) is 0 Å². The van der Waals surface area contributed by atoms with Gasteiger partial charge in [0.1, 0.15) is 0 Å². The van der Waals surface area contributed by atoms with Gasteiger partial charge in [-0.05, 0) is 18.2 Å². The Balaban J connectivity index is 2.33. The zero-order chi connectivity index (χ0) is 11.3. The summed E-state index contributed by atoms with van der Waals surface area (Å²) in [5.74, 6) is 0. The number of hydrogen-bond acceptors (Lipinski definition) is 2. The lowest BCUT2D eigenvalue weighted by Crippen LogP contribution is -2.22. The maximum Gasteiger partial charge on any atom is 0.253 e. The number of aromatic nitrogens is 1. The van der Waals surface area contributed by atoms with Gasteiger partial charge >= 0.3 is 0 Å². The number of aromatic amines is 1. The summed E-state index contributed by atoms with van der Waals surface area (Å²) in [6, 6.07) is 4.75. The summed E-state index contributed by atoms with van der Waals surface area (Å²) in [6.45, 7) is 8.10. The Kier molecular flexibility index (Phi) is 4.29. The molecule has 0 atom stereocenters. The lowest BCUT2D eigenvalue weighted by molar-refractivity contribution is 0.132. The maximum atomic E-state index is 11.3. The minimum absolute atomic E-state index is 0.0505. The normalized spacial score (nSPS) is 11.7. The molecule has 0 radical (unpaired) electrons. The van der Waals surface area contributed by atoms with Gasteiger partial charge in [-0.3, -0.25) is 4.79 Å². The predicted octanol–water partition coefficient (Wildman–Crippen LogP) is 2.23. The smallest absolute Gasteiger partial charge is 0.253 e. The fraction of sp³-hybridized carbons (Fsp3) is 0.545. The average Bonchev–Trinajstić information content (AvgIpc) is 2.13. The summed E-state index contributed by atoms with van der Waals surface area (Å²) in [7, 11) is -1.02. The summed E-state index contributed by atoms with van der Waals surface area (Å²) < 4.78 is 5.49. The van der Waals surface area contributed by atoms with Gasteiger partial charge in [0.25, 0.3) is 5.56 Å². The molecular weight excluding hydrogens is 206 g/mol. The lowest BCUT2D eigenvalue weighted by atomic mass is 10.3. The van der Waals surface area contributed by atoms with Crippen molar-refractivity contribution in [3.8, 4) is 0 Å². The average molecular weight is 225 g/mol. The first-order valence-corrected chi connectivity index (χ1v) is 8.94. The molecule has 0 fully saturated rings. The second kappa shape index (κ2) is 5.28. The molecule has 1 aromatic heterocycles. The first kappa shape index (κ1) is 12.2. The lowest BCUT2D eigenvalue weighted by Gasteiger charge is -2.15. The van der Waals surface area contributed by atoms with E-state index in [1.165, 1.54) is 0 Å². The number of pyridine rings is 1. The van der Waals surface area contributed by atoms with Crippen LogP contribution in [0.3, 0.4) is 0 Å². The van der Waals surface area contributed by atoms with Gasteiger partial charge < -0.3 is 9.72 Å². The van der Waals surface area contributed by atoms with Gasteiger partial charge in [0.05, 0.1) is 6.61 Å². The summed E-state index contributed by atoms with van der Waals surface area (Å²) >= 11 is 0. The van der Waals surface area contributed by atoms with E-state index in [2.05, 4.69) is 24.6 Å². The Morgan fingerprint density at radius 2 is 2.13 bits per heavy atom. The van der Waals surface area contributed by atoms with Crippen molar-refractivity contribution in [1.82, 2.24) is 4.98 Å². The first-order chi connectivity index (χ1) is 6.99. The minimum Gasteiger partial charge on any atom is -0.377 e. The standard InChI is InChI=1S/C11H19NO2Si/c1-15(2,3)8-7-14-9-10-5-4-6-12-11(10)13/h4-6H,7-9H2,1-3H3,(H,12,13). The number of hydrogen-bond donors (Lipinski definition) is 1. The van der Waals surface area contributed by atoms with E-state index < -0.39 is 8.07 Å². The highest BCUT2D eigenvalue weighted by atomic mass is 28.3. The zero-order valence-corrected chi connectivity index (χ0v) is 10.7. The minimum atomic E-state index is -1.02. The zero-order valence-electron chi connectivity index (χ0n) is 9.67. The van der Waals surface area contributed by atoms with Gasteiger partial charge in [-0.2, -0.15) is 0 Å². The van der Waals surface area contributed by atoms with Gasteiger partial charge in [-0.1, -0.05) is 19.6 Å². The van der Waals surface area contributed by atoms with E-state index in [-0.39, 0.29) is 5.56 Å². The van der Waals surface area contributed by atoms with Crippen LogP contribution >= 0.6 is 0 Å². The van der Waals surface area contributed by atoms with Crippen LogP contribution in [0.25, 0.3) is 0 Å². The molecule has 0 aliphatic rings. The molecule has 1 aromatic rings. The third-order valence-corrected chi connectivity index (χ3v) is 3.86. The molecule has 0 amide bonds. The molecule has 1 N–H and O–H groups in total. The van der Waals surface area contributed by atoms with Crippen LogP contribution in [0.1, 0.15) is 5.56 Å². The van der Waals surface area contributed by atoms with E-state index in [4.69, 9.17) is 4.74 Å². The molecule has 0 saturated carbocycles. The topological polar surface area (TPSA) is 42.1 Å².